The summed E-state index contributed by atoms with van der Waals surface area (Å²) >= 11 is 0. The molecule has 2 nitrogen and oxygen atoms in total. The van der Waals surface area contributed by atoms with Crippen LogP contribution in [0.2, 0.25) is 0 Å². The van der Waals surface area contributed by atoms with Gasteiger partial charge in [0, 0.05) is 0 Å². The fourth-order valence-electron chi connectivity index (χ4n) is 9.22. The van der Waals surface area contributed by atoms with Crippen LogP contribution in [-0.2, 0) is 0 Å². The van der Waals surface area contributed by atoms with Crippen LogP contribution in [0.15, 0.2) is 0 Å². The highest BCUT2D eigenvalue weighted by Crippen LogP contribution is 2.68. The predicted molar refractivity (Wildman–Crippen MR) is 125 cm³/mol. The number of aliphatic hydroxyl groups excluding tert-OH is 2. The van der Waals surface area contributed by atoms with Gasteiger partial charge >= 0.3 is 0 Å². The number of hydrogen-bond acceptors (Lipinski definition) is 2. The normalized spacial score (nSPS) is 50.5. The van der Waals surface area contributed by atoms with Crippen molar-refractivity contribution in [3.8, 4) is 0 Å². The molecule has 0 aliphatic heterocycles. The van der Waals surface area contributed by atoms with Crippen molar-refractivity contribution in [1.82, 2.24) is 0 Å². The molecule has 0 radical (unpaired) electrons. The predicted octanol–water partition coefficient (Wildman–Crippen LogP) is 6.69. The lowest BCUT2D eigenvalue weighted by molar-refractivity contribution is -0.175. The second kappa shape index (κ2) is 8.36. The molecule has 4 fully saturated rings. The van der Waals surface area contributed by atoms with Gasteiger partial charge in [-0.25, -0.2) is 0 Å². The van der Waals surface area contributed by atoms with Gasteiger partial charge in [0.2, 0.25) is 0 Å². The summed E-state index contributed by atoms with van der Waals surface area (Å²) in [5.41, 5.74) is 0.472. The quantitative estimate of drug-likeness (QED) is 0.522. The van der Waals surface area contributed by atoms with Gasteiger partial charge in [-0.3, -0.25) is 0 Å². The van der Waals surface area contributed by atoms with Crippen LogP contribution in [0.4, 0.5) is 0 Å². The molecule has 174 valence electrons. The molecule has 0 saturated heterocycles. The largest absolute Gasteiger partial charge is 0.393 e. The molecule has 4 saturated carbocycles. The van der Waals surface area contributed by atoms with Gasteiger partial charge in [-0.1, -0.05) is 54.4 Å². The van der Waals surface area contributed by atoms with E-state index in [4.69, 9.17) is 0 Å². The first-order chi connectivity index (χ1) is 14.1. The van der Waals surface area contributed by atoms with Crippen molar-refractivity contribution in [2.24, 2.45) is 58.2 Å². The molecule has 0 aromatic rings. The van der Waals surface area contributed by atoms with E-state index in [-0.39, 0.29) is 17.6 Å². The molecule has 0 spiro atoms. The fourth-order valence-corrected chi connectivity index (χ4v) is 9.22. The van der Waals surface area contributed by atoms with Crippen LogP contribution in [-0.4, -0.2) is 22.4 Å². The highest BCUT2D eigenvalue weighted by molar-refractivity contribution is 5.12. The van der Waals surface area contributed by atoms with Crippen molar-refractivity contribution in [2.45, 2.75) is 118 Å². The van der Waals surface area contributed by atoms with E-state index in [9.17, 15) is 10.2 Å². The van der Waals surface area contributed by atoms with Crippen molar-refractivity contribution < 1.29 is 10.2 Å². The second-order valence-electron chi connectivity index (χ2n) is 13.2. The Hall–Kier alpha value is -0.0800. The van der Waals surface area contributed by atoms with Crippen molar-refractivity contribution in [3.05, 3.63) is 0 Å². The number of hydrogen-bond donors (Lipinski definition) is 2. The zero-order valence-electron chi connectivity index (χ0n) is 20.7. The van der Waals surface area contributed by atoms with Crippen LogP contribution in [0, 0.1) is 58.2 Å². The zero-order chi connectivity index (χ0) is 21.8. The maximum Gasteiger partial charge on any atom is 0.0602 e. The van der Waals surface area contributed by atoms with E-state index in [1.807, 2.05) is 0 Å². The minimum atomic E-state index is -0.136. The van der Waals surface area contributed by atoms with Gasteiger partial charge < -0.3 is 10.2 Å². The second-order valence-corrected chi connectivity index (χ2v) is 13.2. The van der Waals surface area contributed by atoms with Crippen molar-refractivity contribution in [3.63, 3.8) is 0 Å². The molecular formula is C28H50O2. The van der Waals surface area contributed by atoms with Gasteiger partial charge in [0.15, 0.2) is 0 Å². The molecule has 11 atom stereocenters. The Morgan fingerprint density at radius 2 is 1.57 bits per heavy atom. The Morgan fingerprint density at radius 1 is 0.833 bits per heavy atom. The third-order valence-electron chi connectivity index (χ3n) is 11.7. The summed E-state index contributed by atoms with van der Waals surface area (Å²) in [7, 11) is 0. The SMILES string of the molecule is CC(C)C(C)CCC(C)C1CCC2C3CCC4CC(O)CCC4(C)C3CC(O)C12C. The van der Waals surface area contributed by atoms with Gasteiger partial charge in [0.1, 0.15) is 0 Å². The third kappa shape index (κ3) is 3.60. The Kier molecular flexibility index (Phi) is 6.44. The topological polar surface area (TPSA) is 40.5 Å². The van der Waals surface area contributed by atoms with Gasteiger partial charge in [-0.05, 0) is 110 Å². The minimum absolute atomic E-state index is 0.0802. The van der Waals surface area contributed by atoms with E-state index < -0.39 is 0 Å². The Balaban J connectivity index is 1.51. The number of fused-ring (bicyclic) bond motifs is 5. The first kappa shape index (κ1) is 23.1. The van der Waals surface area contributed by atoms with Gasteiger partial charge in [-0.15, -0.1) is 0 Å². The average Bonchev–Trinajstić information content (AvgIpc) is 3.06. The van der Waals surface area contributed by atoms with Gasteiger partial charge in [0.25, 0.3) is 0 Å². The Bertz CT molecular complexity index is 601. The maximum absolute atomic E-state index is 11.7. The monoisotopic (exact) mass is 418 g/mol. The lowest BCUT2D eigenvalue weighted by Crippen LogP contribution is -2.58. The van der Waals surface area contributed by atoms with Crippen LogP contribution in [0.3, 0.4) is 0 Å². The molecule has 0 bridgehead atoms. The fraction of sp³-hybridized carbons (Fsp3) is 1.00. The van der Waals surface area contributed by atoms with Crippen LogP contribution in [0.1, 0.15) is 106 Å². The van der Waals surface area contributed by atoms with E-state index >= 15 is 0 Å². The highest BCUT2D eigenvalue weighted by Gasteiger charge is 2.63. The molecule has 0 heterocycles. The number of aliphatic hydroxyl groups is 2. The van der Waals surface area contributed by atoms with E-state index in [1.165, 1.54) is 44.9 Å². The van der Waals surface area contributed by atoms with E-state index in [1.54, 1.807) is 0 Å². The summed E-state index contributed by atoms with van der Waals surface area (Å²) < 4.78 is 0. The molecule has 0 aromatic carbocycles. The molecule has 11 unspecified atom stereocenters. The molecule has 0 amide bonds. The lowest BCUT2D eigenvalue weighted by Gasteiger charge is -2.62. The lowest BCUT2D eigenvalue weighted by atomic mass is 9.43. The molecule has 2 N–H and O–H groups in total. The average molecular weight is 419 g/mol. The van der Waals surface area contributed by atoms with E-state index in [2.05, 4.69) is 41.5 Å². The minimum Gasteiger partial charge on any atom is -0.393 e. The molecule has 4 aliphatic rings. The molecule has 30 heavy (non-hydrogen) atoms. The van der Waals surface area contributed by atoms with Crippen LogP contribution >= 0.6 is 0 Å². The first-order valence-electron chi connectivity index (χ1n) is 13.4. The molecular weight excluding hydrogens is 368 g/mol. The van der Waals surface area contributed by atoms with Crippen molar-refractivity contribution in [1.29, 1.82) is 0 Å². The molecule has 2 heteroatoms. The maximum atomic E-state index is 11.7. The van der Waals surface area contributed by atoms with Crippen LogP contribution in [0.25, 0.3) is 0 Å². The molecule has 4 rings (SSSR count). The molecule has 4 aliphatic carbocycles. The van der Waals surface area contributed by atoms with Crippen LogP contribution < -0.4 is 0 Å². The summed E-state index contributed by atoms with van der Waals surface area (Å²) in [5.74, 6) is 5.86. The summed E-state index contributed by atoms with van der Waals surface area (Å²) in [5, 5.41) is 21.9. The first-order valence-corrected chi connectivity index (χ1v) is 13.4. The van der Waals surface area contributed by atoms with E-state index in [0.29, 0.717) is 29.1 Å². The summed E-state index contributed by atoms with van der Waals surface area (Å²) in [6, 6.07) is 0. The summed E-state index contributed by atoms with van der Waals surface area (Å²) in [4.78, 5) is 0. The summed E-state index contributed by atoms with van der Waals surface area (Å²) in [6.07, 6.45) is 11.9. The Labute approximate surface area is 186 Å². The summed E-state index contributed by atoms with van der Waals surface area (Å²) in [6.45, 7) is 14.6. The van der Waals surface area contributed by atoms with E-state index in [0.717, 1.165) is 42.9 Å². The number of rotatable bonds is 5. The van der Waals surface area contributed by atoms with Crippen LogP contribution in [0.5, 0.6) is 0 Å². The third-order valence-corrected chi connectivity index (χ3v) is 11.7. The smallest absolute Gasteiger partial charge is 0.0602 e. The van der Waals surface area contributed by atoms with Crippen molar-refractivity contribution >= 4 is 0 Å². The highest BCUT2D eigenvalue weighted by atomic mass is 16.3. The molecule has 0 aromatic heterocycles. The van der Waals surface area contributed by atoms with Gasteiger partial charge in [0.05, 0.1) is 12.2 Å². The zero-order valence-corrected chi connectivity index (χ0v) is 20.7. The Morgan fingerprint density at radius 3 is 2.27 bits per heavy atom. The standard InChI is InChI=1S/C28H50O2/c1-17(2)18(3)7-8-19(4)23-11-12-24-22-10-9-20-15-21(29)13-14-27(20,5)25(22)16-26(30)28(23,24)6/h17-26,29-30H,7-16H2,1-6H3. The van der Waals surface area contributed by atoms with Crippen molar-refractivity contribution in [2.75, 3.05) is 0 Å². The van der Waals surface area contributed by atoms with Gasteiger partial charge in [-0.2, -0.15) is 0 Å².